The van der Waals surface area contributed by atoms with Gasteiger partial charge in [0, 0.05) is 35.4 Å². The van der Waals surface area contributed by atoms with Crippen LogP contribution in [-0.4, -0.2) is 50.1 Å². The molecule has 1 amide bonds. The minimum atomic E-state index is 0.0372. The lowest BCUT2D eigenvalue weighted by atomic mass is 10.2. The summed E-state index contributed by atoms with van der Waals surface area (Å²) in [5.74, 6) is 0.968. The molecule has 0 bridgehead atoms. The Kier molecular flexibility index (Phi) is 6.73. The van der Waals surface area contributed by atoms with Crippen LogP contribution in [0.15, 0.2) is 48.5 Å². The fourth-order valence-electron chi connectivity index (χ4n) is 3.11. The van der Waals surface area contributed by atoms with E-state index in [2.05, 4.69) is 43.8 Å². The maximum atomic E-state index is 12.3. The number of hydrogen-bond donors (Lipinski definition) is 1. The normalized spacial score (nSPS) is 14.9. The van der Waals surface area contributed by atoms with Crippen LogP contribution in [0.4, 0.5) is 11.4 Å². The average Bonchev–Trinajstić information content (AvgIpc) is 2.63. The van der Waals surface area contributed by atoms with Gasteiger partial charge in [0.1, 0.15) is 5.75 Å². The Labute approximate surface area is 168 Å². The number of ether oxygens (including phenoxy) is 1. The highest BCUT2D eigenvalue weighted by molar-refractivity contribution is 14.1. The highest BCUT2D eigenvalue weighted by atomic mass is 127. The minimum Gasteiger partial charge on any atom is -0.492 e. The summed E-state index contributed by atoms with van der Waals surface area (Å²) in [6.45, 7) is 6.59. The van der Waals surface area contributed by atoms with E-state index in [4.69, 9.17) is 4.74 Å². The summed E-state index contributed by atoms with van der Waals surface area (Å²) in [6.07, 6.45) is 0. The molecule has 1 aliphatic heterocycles. The lowest BCUT2D eigenvalue weighted by molar-refractivity contribution is -0.117. The van der Waals surface area contributed by atoms with E-state index in [1.807, 2.05) is 49.4 Å². The molecule has 2 aromatic carbocycles. The van der Waals surface area contributed by atoms with E-state index >= 15 is 0 Å². The van der Waals surface area contributed by atoms with Crippen molar-refractivity contribution in [1.82, 2.24) is 4.90 Å². The highest BCUT2D eigenvalue weighted by Crippen LogP contribution is 2.28. The first-order chi connectivity index (χ1) is 12.7. The van der Waals surface area contributed by atoms with Gasteiger partial charge >= 0.3 is 0 Å². The van der Waals surface area contributed by atoms with Gasteiger partial charge in [-0.1, -0.05) is 18.2 Å². The van der Waals surface area contributed by atoms with E-state index in [-0.39, 0.29) is 5.91 Å². The minimum absolute atomic E-state index is 0.0372. The van der Waals surface area contributed by atoms with Gasteiger partial charge < -0.3 is 15.0 Å². The van der Waals surface area contributed by atoms with Crippen molar-refractivity contribution in [2.45, 2.75) is 6.92 Å². The number of benzene rings is 2. The Hall–Kier alpha value is -1.80. The zero-order valence-electron chi connectivity index (χ0n) is 15.0. The van der Waals surface area contributed by atoms with Crippen LogP contribution in [0.5, 0.6) is 5.75 Å². The van der Waals surface area contributed by atoms with Crippen molar-refractivity contribution < 1.29 is 9.53 Å². The van der Waals surface area contributed by atoms with Gasteiger partial charge in [-0.05, 0) is 59.8 Å². The first kappa shape index (κ1) is 19.0. The van der Waals surface area contributed by atoms with Crippen LogP contribution in [-0.2, 0) is 4.79 Å². The Morgan fingerprint density at radius 1 is 1.12 bits per heavy atom. The van der Waals surface area contributed by atoms with Gasteiger partial charge in [0.15, 0.2) is 0 Å². The Morgan fingerprint density at radius 3 is 2.62 bits per heavy atom. The maximum Gasteiger partial charge on any atom is 0.238 e. The first-order valence-corrected chi connectivity index (χ1v) is 9.98. The summed E-state index contributed by atoms with van der Waals surface area (Å²) >= 11 is 2.25. The molecule has 0 aromatic heterocycles. The smallest absolute Gasteiger partial charge is 0.238 e. The summed E-state index contributed by atoms with van der Waals surface area (Å²) in [4.78, 5) is 16.8. The first-order valence-electron chi connectivity index (χ1n) is 8.90. The molecule has 3 rings (SSSR count). The molecule has 6 heteroatoms. The van der Waals surface area contributed by atoms with Gasteiger partial charge in [-0.15, -0.1) is 0 Å². The van der Waals surface area contributed by atoms with Gasteiger partial charge in [-0.3, -0.25) is 9.69 Å². The number of anilines is 2. The molecule has 2 aromatic rings. The summed E-state index contributed by atoms with van der Waals surface area (Å²) in [5.41, 5.74) is 1.99. The lowest BCUT2D eigenvalue weighted by Crippen LogP contribution is -2.48. The van der Waals surface area contributed by atoms with Gasteiger partial charge in [0.2, 0.25) is 5.91 Å². The second-order valence-corrected chi connectivity index (χ2v) is 7.47. The molecular weight excluding hydrogens is 441 g/mol. The van der Waals surface area contributed by atoms with Crippen molar-refractivity contribution in [2.24, 2.45) is 0 Å². The molecule has 1 heterocycles. The van der Waals surface area contributed by atoms with Crippen LogP contribution >= 0.6 is 22.6 Å². The zero-order chi connectivity index (χ0) is 18.4. The molecule has 1 saturated heterocycles. The average molecular weight is 465 g/mol. The van der Waals surface area contributed by atoms with E-state index in [1.165, 1.54) is 0 Å². The lowest BCUT2D eigenvalue weighted by Gasteiger charge is -2.36. The second kappa shape index (κ2) is 9.23. The van der Waals surface area contributed by atoms with Crippen LogP contribution in [0.1, 0.15) is 6.92 Å². The fraction of sp³-hybridized carbons (Fsp3) is 0.350. The molecule has 0 radical (unpaired) electrons. The monoisotopic (exact) mass is 465 g/mol. The van der Waals surface area contributed by atoms with Crippen molar-refractivity contribution in [1.29, 1.82) is 0 Å². The molecule has 0 atom stereocenters. The van der Waals surface area contributed by atoms with E-state index in [1.54, 1.807) is 0 Å². The van der Waals surface area contributed by atoms with Gasteiger partial charge in [-0.2, -0.15) is 0 Å². The van der Waals surface area contributed by atoms with Crippen LogP contribution in [0.2, 0.25) is 0 Å². The van der Waals surface area contributed by atoms with Crippen molar-refractivity contribution >= 4 is 39.9 Å². The van der Waals surface area contributed by atoms with Crippen LogP contribution in [0.25, 0.3) is 0 Å². The standard InChI is InChI=1S/C20H24IN3O2/c1-2-26-19-9-4-3-8-18(19)24-12-10-23(11-13-24)15-20(25)22-17-7-5-6-16(21)14-17/h3-9,14H,2,10-13,15H2,1H3,(H,22,25). The summed E-state index contributed by atoms with van der Waals surface area (Å²) < 4.78 is 6.85. The molecule has 1 aliphatic rings. The summed E-state index contributed by atoms with van der Waals surface area (Å²) in [5, 5.41) is 2.98. The topological polar surface area (TPSA) is 44.8 Å². The molecule has 5 nitrogen and oxygen atoms in total. The van der Waals surface area contributed by atoms with Gasteiger partial charge in [0.05, 0.1) is 18.8 Å². The van der Waals surface area contributed by atoms with Gasteiger partial charge in [0.25, 0.3) is 0 Å². The van der Waals surface area contributed by atoms with Crippen LogP contribution in [0, 0.1) is 3.57 Å². The van der Waals surface area contributed by atoms with Gasteiger partial charge in [-0.25, -0.2) is 0 Å². The van der Waals surface area contributed by atoms with E-state index in [0.29, 0.717) is 13.2 Å². The molecule has 138 valence electrons. The van der Waals surface area contributed by atoms with Crippen molar-refractivity contribution in [3.63, 3.8) is 0 Å². The van der Waals surface area contributed by atoms with Crippen LogP contribution in [0.3, 0.4) is 0 Å². The quantitative estimate of drug-likeness (QED) is 0.665. The van der Waals surface area contributed by atoms with E-state index < -0.39 is 0 Å². The number of carbonyl (C=O) groups is 1. The van der Waals surface area contributed by atoms with E-state index in [0.717, 1.165) is 46.9 Å². The number of nitrogens with one attached hydrogen (secondary N) is 1. The number of rotatable bonds is 6. The summed E-state index contributed by atoms with van der Waals surface area (Å²) in [7, 11) is 0. The van der Waals surface area contributed by atoms with Crippen molar-refractivity contribution in [3.8, 4) is 5.75 Å². The highest BCUT2D eigenvalue weighted by Gasteiger charge is 2.21. The Bertz CT molecular complexity index is 745. The molecule has 0 aliphatic carbocycles. The Balaban J connectivity index is 1.52. The predicted octanol–water partition coefficient (Wildman–Crippen LogP) is 3.45. The third-order valence-corrected chi connectivity index (χ3v) is 5.02. The number of amides is 1. The van der Waals surface area contributed by atoms with Crippen molar-refractivity contribution in [3.05, 3.63) is 52.1 Å². The molecule has 0 saturated carbocycles. The molecule has 0 unspecified atom stereocenters. The molecule has 0 spiro atoms. The molecule has 26 heavy (non-hydrogen) atoms. The molecule has 1 fully saturated rings. The zero-order valence-corrected chi connectivity index (χ0v) is 17.1. The number of hydrogen-bond acceptors (Lipinski definition) is 4. The van der Waals surface area contributed by atoms with Crippen molar-refractivity contribution in [2.75, 3.05) is 49.5 Å². The molecule has 1 N–H and O–H groups in total. The summed E-state index contributed by atoms with van der Waals surface area (Å²) in [6, 6.07) is 16.0. The SMILES string of the molecule is CCOc1ccccc1N1CCN(CC(=O)Nc2cccc(I)c2)CC1. The number of halogens is 1. The predicted molar refractivity (Wildman–Crippen MR) is 114 cm³/mol. The fourth-order valence-corrected chi connectivity index (χ4v) is 3.66. The largest absolute Gasteiger partial charge is 0.492 e. The third kappa shape index (κ3) is 5.11. The number of nitrogens with zero attached hydrogens (tertiary/aromatic N) is 2. The molecular formula is C20H24IN3O2. The maximum absolute atomic E-state index is 12.3. The Morgan fingerprint density at radius 2 is 1.88 bits per heavy atom. The second-order valence-electron chi connectivity index (χ2n) is 6.22. The van der Waals surface area contributed by atoms with E-state index in [9.17, 15) is 4.79 Å². The number of para-hydroxylation sites is 2. The third-order valence-electron chi connectivity index (χ3n) is 4.35. The number of carbonyl (C=O) groups excluding carboxylic acids is 1. The number of piperazine rings is 1. The van der Waals surface area contributed by atoms with Crippen LogP contribution < -0.4 is 15.0 Å².